The molecule has 3 nitrogen and oxygen atoms in total. The van der Waals surface area contributed by atoms with Crippen molar-refractivity contribution >= 4 is 29.2 Å². The van der Waals surface area contributed by atoms with Crippen LogP contribution in [0.3, 0.4) is 0 Å². The van der Waals surface area contributed by atoms with E-state index >= 15 is 0 Å². The molecule has 0 amide bonds. The van der Waals surface area contributed by atoms with Gasteiger partial charge in [0.05, 0.1) is 21.3 Å². The third-order valence-corrected chi connectivity index (χ3v) is 2.92. The summed E-state index contributed by atoms with van der Waals surface area (Å²) in [6.45, 7) is 0. The second-order valence-corrected chi connectivity index (χ2v) is 4.25. The van der Waals surface area contributed by atoms with Crippen LogP contribution in [0.15, 0.2) is 30.3 Å². The van der Waals surface area contributed by atoms with Crippen molar-refractivity contribution < 1.29 is 14.3 Å². The molecule has 92 valence electrons. The van der Waals surface area contributed by atoms with Gasteiger partial charge >= 0.3 is 5.97 Å². The molecule has 2 rings (SSSR count). The molecular formula is C12H6Cl2FNO2. The van der Waals surface area contributed by atoms with E-state index in [-0.39, 0.29) is 26.9 Å². The number of rotatable bonds is 2. The molecule has 6 heteroatoms. The minimum Gasteiger partial charge on any atom is -0.478 e. The average Bonchev–Trinajstić information content (AvgIpc) is 2.28. The Hall–Kier alpha value is -1.65. The van der Waals surface area contributed by atoms with E-state index < -0.39 is 11.9 Å². The van der Waals surface area contributed by atoms with Gasteiger partial charge < -0.3 is 5.11 Å². The smallest absolute Gasteiger partial charge is 0.337 e. The Morgan fingerprint density at radius 3 is 2.33 bits per heavy atom. The van der Waals surface area contributed by atoms with Crippen LogP contribution < -0.4 is 0 Å². The first-order chi connectivity index (χ1) is 8.50. The summed E-state index contributed by atoms with van der Waals surface area (Å²) in [5.41, 5.74) is -0.0396. The van der Waals surface area contributed by atoms with Crippen molar-refractivity contribution in [3.8, 4) is 11.3 Å². The SMILES string of the molecule is O=C(O)c1ccc(F)nc1-c1c(Cl)cccc1Cl. The fraction of sp³-hybridized carbons (Fsp3) is 0. The molecule has 0 bridgehead atoms. The number of aromatic carboxylic acids is 1. The topological polar surface area (TPSA) is 50.2 Å². The predicted octanol–water partition coefficient (Wildman–Crippen LogP) is 3.89. The van der Waals surface area contributed by atoms with Gasteiger partial charge in [-0.3, -0.25) is 0 Å². The summed E-state index contributed by atoms with van der Waals surface area (Å²) in [5.74, 6) is -2.03. The number of hydrogen-bond donors (Lipinski definition) is 1. The zero-order valence-corrected chi connectivity index (χ0v) is 10.3. The molecule has 1 heterocycles. The largest absolute Gasteiger partial charge is 0.478 e. The monoisotopic (exact) mass is 285 g/mol. The lowest BCUT2D eigenvalue weighted by atomic mass is 10.1. The van der Waals surface area contributed by atoms with Gasteiger partial charge in [-0.25, -0.2) is 9.78 Å². The number of halogens is 3. The van der Waals surface area contributed by atoms with E-state index in [1.54, 1.807) is 6.07 Å². The molecule has 0 unspecified atom stereocenters. The minimum absolute atomic E-state index is 0.0851. The molecule has 2 aromatic rings. The molecule has 0 atom stereocenters. The van der Waals surface area contributed by atoms with E-state index in [9.17, 15) is 9.18 Å². The summed E-state index contributed by atoms with van der Waals surface area (Å²) in [5, 5.41) is 9.47. The van der Waals surface area contributed by atoms with E-state index in [1.165, 1.54) is 12.1 Å². The number of nitrogens with zero attached hydrogens (tertiary/aromatic N) is 1. The maximum atomic E-state index is 13.2. The number of benzene rings is 1. The number of hydrogen-bond acceptors (Lipinski definition) is 2. The number of carboxylic acids is 1. The second kappa shape index (κ2) is 4.92. The van der Waals surface area contributed by atoms with E-state index in [0.29, 0.717) is 0 Å². The van der Waals surface area contributed by atoms with Crippen LogP contribution in [-0.2, 0) is 0 Å². The first kappa shape index (κ1) is 12.8. The molecule has 0 aliphatic carbocycles. The van der Waals surface area contributed by atoms with Crippen LogP contribution in [0.4, 0.5) is 4.39 Å². The number of carbonyl (C=O) groups is 1. The Balaban J connectivity index is 2.77. The lowest BCUT2D eigenvalue weighted by Crippen LogP contribution is -2.03. The van der Waals surface area contributed by atoms with Crippen molar-refractivity contribution in [2.75, 3.05) is 0 Å². The molecule has 0 saturated heterocycles. The normalized spacial score (nSPS) is 10.4. The molecule has 1 N–H and O–H groups in total. The van der Waals surface area contributed by atoms with Crippen LogP contribution in [0.2, 0.25) is 10.0 Å². The van der Waals surface area contributed by atoms with E-state index in [4.69, 9.17) is 28.3 Å². The fourth-order valence-electron chi connectivity index (χ4n) is 1.52. The highest BCUT2D eigenvalue weighted by Gasteiger charge is 2.18. The average molecular weight is 286 g/mol. The molecule has 0 aliphatic rings. The lowest BCUT2D eigenvalue weighted by molar-refractivity contribution is 0.0697. The first-order valence-electron chi connectivity index (χ1n) is 4.85. The van der Waals surface area contributed by atoms with Crippen LogP contribution in [0.25, 0.3) is 11.3 Å². The highest BCUT2D eigenvalue weighted by Crippen LogP contribution is 2.35. The van der Waals surface area contributed by atoms with Gasteiger partial charge in [-0.05, 0) is 24.3 Å². The zero-order chi connectivity index (χ0) is 13.3. The van der Waals surface area contributed by atoms with Crippen LogP contribution in [-0.4, -0.2) is 16.1 Å². The van der Waals surface area contributed by atoms with E-state index in [2.05, 4.69) is 4.98 Å². The van der Waals surface area contributed by atoms with Gasteiger partial charge in [-0.1, -0.05) is 29.3 Å². The summed E-state index contributed by atoms with van der Waals surface area (Å²) in [6, 6.07) is 6.76. The summed E-state index contributed by atoms with van der Waals surface area (Å²) in [4.78, 5) is 14.7. The molecule has 18 heavy (non-hydrogen) atoms. The maximum absolute atomic E-state index is 13.2. The van der Waals surface area contributed by atoms with Gasteiger partial charge in [0, 0.05) is 5.56 Å². The van der Waals surface area contributed by atoms with Crippen molar-refractivity contribution in [1.29, 1.82) is 0 Å². The summed E-state index contributed by atoms with van der Waals surface area (Å²) < 4.78 is 13.2. The lowest BCUT2D eigenvalue weighted by Gasteiger charge is -2.09. The Kier molecular flexibility index (Phi) is 3.50. The highest BCUT2D eigenvalue weighted by atomic mass is 35.5. The molecule has 1 aromatic carbocycles. The molecule has 0 aliphatic heterocycles. The Labute approximate surface area is 112 Å². The Morgan fingerprint density at radius 1 is 1.17 bits per heavy atom. The quantitative estimate of drug-likeness (QED) is 0.852. The van der Waals surface area contributed by atoms with Gasteiger partial charge in [0.15, 0.2) is 0 Å². The first-order valence-corrected chi connectivity index (χ1v) is 5.60. The Morgan fingerprint density at radius 2 is 1.78 bits per heavy atom. The standard InChI is InChI=1S/C12H6Cl2FNO2/c13-7-2-1-3-8(14)10(7)11-6(12(17)18)4-5-9(15)16-11/h1-5H,(H,17,18). The van der Waals surface area contributed by atoms with Crippen LogP contribution in [0.1, 0.15) is 10.4 Å². The number of carboxylic acid groups (broad SMARTS) is 1. The third kappa shape index (κ3) is 2.30. The fourth-order valence-corrected chi connectivity index (χ4v) is 2.10. The molecule has 0 spiro atoms. The van der Waals surface area contributed by atoms with Gasteiger partial charge in [-0.15, -0.1) is 0 Å². The minimum atomic E-state index is -1.23. The van der Waals surface area contributed by atoms with Gasteiger partial charge in [0.1, 0.15) is 0 Å². The van der Waals surface area contributed by atoms with Crippen molar-refractivity contribution in [2.45, 2.75) is 0 Å². The van der Waals surface area contributed by atoms with E-state index in [0.717, 1.165) is 12.1 Å². The molecule has 0 saturated carbocycles. The van der Waals surface area contributed by atoms with Crippen molar-refractivity contribution in [3.05, 3.63) is 51.9 Å². The van der Waals surface area contributed by atoms with Crippen molar-refractivity contribution in [3.63, 3.8) is 0 Å². The highest BCUT2D eigenvalue weighted by molar-refractivity contribution is 6.39. The van der Waals surface area contributed by atoms with Crippen LogP contribution in [0, 0.1) is 5.95 Å². The predicted molar refractivity (Wildman–Crippen MR) is 66.6 cm³/mol. The van der Waals surface area contributed by atoms with Crippen molar-refractivity contribution in [2.24, 2.45) is 0 Å². The summed E-state index contributed by atoms with van der Waals surface area (Å²) in [7, 11) is 0. The van der Waals surface area contributed by atoms with Gasteiger partial charge in [0.2, 0.25) is 5.95 Å². The van der Waals surface area contributed by atoms with E-state index in [1.807, 2.05) is 0 Å². The summed E-state index contributed by atoms with van der Waals surface area (Å²) >= 11 is 11.9. The second-order valence-electron chi connectivity index (χ2n) is 3.43. The van der Waals surface area contributed by atoms with Gasteiger partial charge in [0.25, 0.3) is 0 Å². The summed E-state index contributed by atoms with van der Waals surface area (Å²) in [6.07, 6.45) is 0. The number of aromatic nitrogens is 1. The molecular weight excluding hydrogens is 280 g/mol. The van der Waals surface area contributed by atoms with Crippen LogP contribution >= 0.6 is 23.2 Å². The molecule has 0 fully saturated rings. The van der Waals surface area contributed by atoms with Crippen molar-refractivity contribution in [1.82, 2.24) is 4.98 Å². The van der Waals surface area contributed by atoms with Gasteiger partial charge in [-0.2, -0.15) is 4.39 Å². The molecule has 0 radical (unpaired) electrons. The zero-order valence-electron chi connectivity index (χ0n) is 8.82. The van der Waals surface area contributed by atoms with Crippen LogP contribution in [0.5, 0.6) is 0 Å². The Bertz CT molecular complexity index is 611. The number of pyridine rings is 1. The molecule has 1 aromatic heterocycles. The maximum Gasteiger partial charge on any atom is 0.337 e. The third-order valence-electron chi connectivity index (χ3n) is 2.29.